The molecule has 1 atom stereocenters. The molecular weight excluding hydrogens is 669 g/mol. The van der Waals surface area contributed by atoms with Crippen LogP contribution in [0.25, 0.3) is 22.2 Å². The van der Waals surface area contributed by atoms with Crippen LogP contribution in [0.4, 0.5) is 22.4 Å². The van der Waals surface area contributed by atoms with Crippen LogP contribution in [0, 0.1) is 12.7 Å². The lowest BCUT2D eigenvalue weighted by atomic mass is 10.1. The number of imidazole rings is 1. The molecule has 5 rings (SSSR count). The van der Waals surface area contributed by atoms with Crippen molar-refractivity contribution in [2.45, 2.75) is 32.1 Å². The molecule has 0 unspecified atom stereocenters. The maximum Gasteiger partial charge on any atom is 0.490 e. The lowest BCUT2D eigenvalue weighted by molar-refractivity contribution is -0.192. The number of benzene rings is 3. The molecule has 0 radical (unpaired) electrons. The van der Waals surface area contributed by atoms with E-state index in [1.165, 1.54) is 6.07 Å². The van der Waals surface area contributed by atoms with E-state index in [2.05, 4.69) is 25.6 Å². The van der Waals surface area contributed by atoms with E-state index in [0.29, 0.717) is 40.0 Å². The van der Waals surface area contributed by atoms with Gasteiger partial charge >= 0.3 is 18.2 Å². The number of halogens is 6. The zero-order chi connectivity index (χ0) is 34.5. The van der Waals surface area contributed by atoms with Gasteiger partial charge in [-0.25, -0.2) is 19.0 Å². The molecular formula is C31H25Cl2F4N5O5. The Hall–Kier alpha value is -5.08. The molecule has 0 saturated carbocycles. The minimum absolute atomic E-state index is 0.108. The van der Waals surface area contributed by atoms with E-state index < -0.39 is 35.6 Å². The minimum Gasteiger partial charge on any atom is -0.507 e. The largest absolute Gasteiger partial charge is 0.507 e. The number of carboxylic acids is 1. The molecule has 246 valence electrons. The molecule has 2 aromatic heterocycles. The van der Waals surface area contributed by atoms with Crippen molar-refractivity contribution in [1.82, 2.24) is 25.6 Å². The number of hydrogen-bond acceptors (Lipinski definition) is 5. The third-order valence-corrected chi connectivity index (χ3v) is 7.54. The first kappa shape index (κ1) is 34.8. The fourth-order valence-electron chi connectivity index (χ4n) is 4.43. The Kier molecular flexibility index (Phi) is 10.8. The summed E-state index contributed by atoms with van der Waals surface area (Å²) in [6.45, 7) is 1.65. The number of hydrogen-bond donors (Lipinski definition) is 6. The molecule has 5 aromatic rings. The Morgan fingerprint density at radius 1 is 1.02 bits per heavy atom. The fourth-order valence-corrected chi connectivity index (χ4v) is 4.90. The van der Waals surface area contributed by atoms with Crippen LogP contribution >= 0.6 is 23.2 Å². The number of urea groups is 1. The number of rotatable bonds is 7. The highest BCUT2D eigenvalue weighted by Gasteiger charge is 2.38. The fraction of sp³-hybridized carbons (Fsp3) is 0.161. The second kappa shape index (κ2) is 14.6. The zero-order valence-corrected chi connectivity index (χ0v) is 25.7. The van der Waals surface area contributed by atoms with E-state index in [9.17, 15) is 32.3 Å². The number of aliphatic carboxylic acids is 1. The van der Waals surface area contributed by atoms with E-state index in [1.54, 1.807) is 31.2 Å². The van der Waals surface area contributed by atoms with Crippen LogP contribution in [0.5, 0.6) is 5.75 Å². The number of aromatic hydroxyl groups is 1. The number of carbonyl (C=O) groups excluding carboxylic acids is 1. The molecule has 2 amide bonds. The number of aryl methyl sites for hydroxylation is 1. The smallest absolute Gasteiger partial charge is 0.490 e. The van der Waals surface area contributed by atoms with Crippen LogP contribution in [0.15, 0.2) is 71.5 Å². The molecule has 3 aromatic carbocycles. The number of nitrogens with one attached hydrogen (secondary N) is 4. The highest BCUT2D eigenvalue weighted by molar-refractivity contribution is 6.32. The molecule has 0 spiro atoms. The van der Waals surface area contributed by atoms with Crippen molar-refractivity contribution < 1.29 is 37.4 Å². The van der Waals surface area contributed by atoms with Crippen molar-refractivity contribution >= 4 is 46.1 Å². The van der Waals surface area contributed by atoms with Gasteiger partial charge in [0.2, 0.25) is 0 Å². The van der Waals surface area contributed by atoms with Crippen LogP contribution in [-0.4, -0.2) is 43.3 Å². The summed E-state index contributed by atoms with van der Waals surface area (Å²) in [5, 5.41) is 23.9. The van der Waals surface area contributed by atoms with Crippen molar-refractivity contribution in [3.63, 3.8) is 0 Å². The molecule has 0 bridgehead atoms. The van der Waals surface area contributed by atoms with Gasteiger partial charge in [-0.1, -0.05) is 65.7 Å². The first-order chi connectivity index (χ1) is 22.1. The monoisotopic (exact) mass is 693 g/mol. The predicted molar refractivity (Wildman–Crippen MR) is 167 cm³/mol. The molecule has 2 heterocycles. The Bertz CT molecular complexity index is 1980. The average Bonchev–Trinajstić information content (AvgIpc) is 3.40. The van der Waals surface area contributed by atoms with Gasteiger partial charge < -0.3 is 30.8 Å². The molecule has 47 heavy (non-hydrogen) atoms. The van der Waals surface area contributed by atoms with Gasteiger partial charge in [-0.2, -0.15) is 13.2 Å². The van der Waals surface area contributed by atoms with Gasteiger partial charge in [0.15, 0.2) is 0 Å². The van der Waals surface area contributed by atoms with Crippen molar-refractivity contribution in [2.24, 2.45) is 0 Å². The first-order valence-corrected chi connectivity index (χ1v) is 14.3. The number of carbonyl (C=O) groups is 2. The average molecular weight is 694 g/mol. The van der Waals surface area contributed by atoms with Crippen molar-refractivity contribution in [2.75, 3.05) is 0 Å². The van der Waals surface area contributed by atoms with E-state index in [-0.39, 0.29) is 28.0 Å². The summed E-state index contributed by atoms with van der Waals surface area (Å²) in [4.78, 5) is 43.9. The maximum atomic E-state index is 14.3. The van der Waals surface area contributed by atoms with E-state index in [4.69, 9.17) is 33.1 Å². The lowest BCUT2D eigenvalue weighted by Crippen LogP contribution is -2.39. The molecule has 16 heteroatoms. The number of alkyl halides is 3. The van der Waals surface area contributed by atoms with Gasteiger partial charge in [-0.15, -0.1) is 0 Å². The van der Waals surface area contributed by atoms with Crippen molar-refractivity contribution in [1.29, 1.82) is 0 Å². The summed E-state index contributed by atoms with van der Waals surface area (Å²) in [6, 6.07) is 17.4. The second-order valence-electron chi connectivity index (χ2n) is 10.1. The van der Waals surface area contributed by atoms with Crippen LogP contribution < -0.4 is 16.2 Å². The quantitative estimate of drug-likeness (QED) is 0.103. The standard InChI is InChI=1S/C29H24Cl2FN5O3.C2HF3O2/c1-15-7-9-20(32)19(25(15)30)14-33-29(40)35-22(11-16-5-3-2-4-6-16)28-36-26(27(31)37-28)17-8-10-21-18(12-17)23(38)13-24(39)34-21;3-2(4,5)1(6)7/h2-10,12-13,22H,11,14H2,1H3,(H,36,37)(H2,33,35,40)(H2,34,38,39);(H,6,7)/t22-;/m0./s1. The highest BCUT2D eigenvalue weighted by Crippen LogP contribution is 2.32. The maximum absolute atomic E-state index is 14.3. The summed E-state index contributed by atoms with van der Waals surface area (Å²) in [7, 11) is 0. The molecule has 0 fully saturated rings. The first-order valence-electron chi connectivity index (χ1n) is 13.6. The molecule has 0 aliphatic carbocycles. The lowest BCUT2D eigenvalue weighted by Gasteiger charge is -2.18. The van der Waals surface area contributed by atoms with Gasteiger partial charge in [0.05, 0.1) is 16.6 Å². The van der Waals surface area contributed by atoms with Gasteiger partial charge in [0, 0.05) is 29.1 Å². The highest BCUT2D eigenvalue weighted by atomic mass is 35.5. The Balaban J connectivity index is 0.000000644. The van der Waals surface area contributed by atoms with Crippen LogP contribution in [0.1, 0.15) is 28.6 Å². The summed E-state index contributed by atoms with van der Waals surface area (Å²) in [6.07, 6.45) is -4.70. The Morgan fingerprint density at radius 3 is 2.36 bits per heavy atom. The summed E-state index contributed by atoms with van der Waals surface area (Å²) >= 11 is 12.8. The molecule has 10 nitrogen and oxygen atoms in total. The molecule has 0 aliphatic rings. The normalized spacial score (nSPS) is 11.8. The molecule has 0 saturated heterocycles. The third kappa shape index (κ3) is 8.80. The number of nitrogens with zero attached hydrogens (tertiary/aromatic N) is 1. The number of carboxylic acid groups (broad SMARTS) is 1. The Labute approximate surface area is 273 Å². The van der Waals surface area contributed by atoms with Gasteiger partial charge in [-0.3, -0.25) is 4.79 Å². The second-order valence-corrected chi connectivity index (χ2v) is 10.8. The van der Waals surface area contributed by atoms with Crippen LogP contribution in [-0.2, 0) is 17.8 Å². The molecule has 6 N–H and O–H groups in total. The number of amides is 2. The van der Waals surface area contributed by atoms with Crippen LogP contribution in [0.2, 0.25) is 10.2 Å². The number of fused-ring (bicyclic) bond motifs is 1. The summed E-state index contributed by atoms with van der Waals surface area (Å²) in [5.74, 6) is -3.04. The van der Waals surface area contributed by atoms with Crippen LogP contribution in [0.3, 0.4) is 0 Å². The third-order valence-electron chi connectivity index (χ3n) is 6.74. The SMILES string of the molecule is Cc1ccc(F)c(CNC(=O)N[C@@H](Cc2ccccc2)c2nc(-c3ccc4[nH]c(=O)cc(O)c4c3)c(Cl)[nH]2)c1Cl.O=C(O)C(F)(F)F. The molecule has 0 aliphatic heterocycles. The predicted octanol–water partition coefficient (Wildman–Crippen LogP) is 6.79. The zero-order valence-electron chi connectivity index (χ0n) is 24.2. The topological polar surface area (TPSA) is 160 Å². The minimum atomic E-state index is -5.08. The van der Waals surface area contributed by atoms with Gasteiger partial charge in [-0.05, 0) is 42.7 Å². The van der Waals surface area contributed by atoms with E-state index in [1.807, 2.05) is 30.3 Å². The number of aromatic nitrogens is 3. The number of aromatic amines is 2. The van der Waals surface area contributed by atoms with E-state index in [0.717, 1.165) is 11.6 Å². The number of pyridine rings is 1. The van der Waals surface area contributed by atoms with Crippen molar-refractivity contribution in [3.8, 4) is 17.0 Å². The number of H-pyrrole nitrogens is 2. The van der Waals surface area contributed by atoms with Gasteiger partial charge in [0.25, 0.3) is 5.56 Å². The van der Waals surface area contributed by atoms with Crippen molar-refractivity contribution in [3.05, 3.63) is 116 Å². The summed E-state index contributed by atoms with van der Waals surface area (Å²) in [5.41, 5.74) is 2.88. The van der Waals surface area contributed by atoms with Gasteiger partial charge in [0.1, 0.15) is 28.2 Å². The summed E-state index contributed by atoms with van der Waals surface area (Å²) < 4.78 is 46.1. The van der Waals surface area contributed by atoms with E-state index >= 15 is 0 Å². The Morgan fingerprint density at radius 2 is 1.70 bits per heavy atom.